The molecule has 0 spiro atoms. The normalized spacial score (nSPS) is 34.9. The van der Waals surface area contributed by atoms with E-state index >= 15 is 0 Å². The second-order valence-electron chi connectivity index (χ2n) is 2.49. The lowest BCUT2D eigenvalue weighted by molar-refractivity contribution is -0.414. The van der Waals surface area contributed by atoms with Gasteiger partial charge in [0.25, 0.3) is 0 Å². The molecule has 1 aliphatic rings. The Hall–Kier alpha value is -0.570. The molecule has 84 valence electrons. The van der Waals surface area contributed by atoms with Gasteiger partial charge in [-0.05, 0) is 0 Å². The Morgan fingerprint density at radius 1 is 1.07 bits per heavy atom. The molecule has 0 aromatic rings. The summed E-state index contributed by atoms with van der Waals surface area (Å²) < 4.78 is 89.4. The summed E-state index contributed by atoms with van der Waals surface area (Å²) in [7, 11) is 0. The van der Waals surface area contributed by atoms with Crippen molar-refractivity contribution in [2.75, 3.05) is 6.61 Å². The summed E-state index contributed by atoms with van der Waals surface area (Å²) in [6.07, 6.45) is -13.6. The highest BCUT2D eigenvalue weighted by Gasteiger charge is 2.67. The molecule has 0 bridgehead atoms. The van der Waals surface area contributed by atoms with Crippen molar-refractivity contribution < 1.29 is 40.2 Å². The maximum Gasteiger partial charge on any atom is 0.478 e. The van der Waals surface area contributed by atoms with Crippen LogP contribution in [0.3, 0.4) is 0 Å². The molecule has 0 aromatic carbocycles. The van der Waals surface area contributed by atoms with Crippen LogP contribution in [0.25, 0.3) is 0 Å². The number of hydrogen-bond acceptors (Lipinski definition) is 2. The number of halogens is 7. The van der Waals surface area contributed by atoms with Gasteiger partial charge in [-0.3, -0.25) is 0 Å². The standard InChI is InChI=1S/C5H3F7O2/c6-3(7,8)2-1-13-5(12,14-2)4(9,10)11/h2H,1H2. The highest BCUT2D eigenvalue weighted by atomic mass is 19.4. The minimum Gasteiger partial charge on any atom is -0.314 e. The summed E-state index contributed by atoms with van der Waals surface area (Å²) in [4.78, 5) is 0. The molecule has 2 atom stereocenters. The average molecular weight is 228 g/mol. The molecule has 0 aromatic heterocycles. The first kappa shape index (κ1) is 11.5. The van der Waals surface area contributed by atoms with E-state index in [-0.39, 0.29) is 0 Å². The van der Waals surface area contributed by atoms with Crippen LogP contribution in [0.5, 0.6) is 0 Å². The third kappa shape index (κ3) is 1.92. The first-order valence-electron chi connectivity index (χ1n) is 3.20. The van der Waals surface area contributed by atoms with Crippen LogP contribution in [-0.2, 0) is 9.47 Å². The van der Waals surface area contributed by atoms with Gasteiger partial charge in [0.05, 0.1) is 6.61 Å². The maximum absolute atomic E-state index is 12.5. The second kappa shape index (κ2) is 2.96. The second-order valence-corrected chi connectivity index (χ2v) is 2.49. The van der Waals surface area contributed by atoms with Crippen LogP contribution in [0.2, 0.25) is 0 Å². The van der Waals surface area contributed by atoms with Crippen molar-refractivity contribution in [1.29, 1.82) is 0 Å². The van der Waals surface area contributed by atoms with E-state index < -0.39 is 31.1 Å². The Balaban J connectivity index is 2.75. The number of alkyl halides is 7. The summed E-state index contributed by atoms with van der Waals surface area (Å²) in [6, 6.07) is -4.66. The first-order valence-corrected chi connectivity index (χ1v) is 3.20. The lowest BCUT2D eigenvalue weighted by Crippen LogP contribution is -2.43. The van der Waals surface area contributed by atoms with Crippen molar-refractivity contribution in [3.8, 4) is 0 Å². The molecule has 0 N–H and O–H groups in total. The molecule has 1 aliphatic heterocycles. The van der Waals surface area contributed by atoms with E-state index in [1.807, 2.05) is 0 Å². The molecule has 1 rings (SSSR count). The summed E-state index contributed by atoms with van der Waals surface area (Å²) in [5.41, 5.74) is 0. The largest absolute Gasteiger partial charge is 0.478 e. The van der Waals surface area contributed by atoms with Crippen molar-refractivity contribution in [1.82, 2.24) is 0 Å². The predicted octanol–water partition coefficient (Wildman–Crippen LogP) is 2.15. The van der Waals surface area contributed by atoms with Gasteiger partial charge >= 0.3 is 18.4 Å². The molecular weight excluding hydrogens is 225 g/mol. The Kier molecular flexibility index (Phi) is 2.43. The van der Waals surface area contributed by atoms with Gasteiger partial charge in [-0.1, -0.05) is 0 Å². The SMILES string of the molecule is FC(F)(F)C1COC(F)(C(F)(F)F)O1. The van der Waals surface area contributed by atoms with Gasteiger partial charge in [0.15, 0.2) is 6.10 Å². The zero-order valence-corrected chi connectivity index (χ0v) is 6.25. The third-order valence-corrected chi connectivity index (χ3v) is 1.42. The average Bonchev–Trinajstić information content (AvgIpc) is 2.29. The Labute approximate surface area is 72.6 Å². The molecule has 14 heavy (non-hydrogen) atoms. The van der Waals surface area contributed by atoms with Gasteiger partial charge in [-0.15, -0.1) is 0 Å². The fraction of sp³-hybridized carbons (Fsp3) is 1.00. The molecule has 2 unspecified atom stereocenters. The predicted molar refractivity (Wildman–Crippen MR) is 26.8 cm³/mol. The summed E-state index contributed by atoms with van der Waals surface area (Å²) in [5, 5.41) is 0. The zero-order chi connectivity index (χ0) is 11.2. The van der Waals surface area contributed by atoms with Crippen LogP contribution in [0.15, 0.2) is 0 Å². The van der Waals surface area contributed by atoms with Crippen LogP contribution in [0.4, 0.5) is 30.7 Å². The van der Waals surface area contributed by atoms with Gasteiger partial charge in [-0.2, -0.15) is 30.7 Å². The molecule has 2 nitrogen and oxygen atoms in total. The fourth-order valence-electron chi connectivity index (χ4n) is 0.744. The number of rotatable bonds is 0. The molecule has 0 saturated carbocycles. The van der Waals surface area contributed by atoms with Crippen LogP contribution < -0.4 is 0 Å². The Bertz CT molecular complexity index is 221. The Morgan fingerprint density at radius 2 is 1.57 bits per heavy atom. The van der Waals surface area contributed by atoms with Gasteiger partial charge in [-0.25, -0.2) is 0 Å². The van der Waals surface area contributed by atoms with E-state index in [1.165, 1.54) is 0 Å². The lowest BCUT2D eigenvalue weighted by atomic mass is 10.4. The maximum atomic E-state index is 12.5. The van der Waals surface area contributed by atoms with Gasteiger partial charge < -0.3 is 9.47 Å². The smallest absolute Gasteiger partial charge is 0.314 e. The highest BCUT2D eigenvalue weighted by molar-refractivity contribution is 4.80. The summed E-state index contributed by atoms with van der Waals surface area (Å²) >= 11 is 0. The summed E-state index contributed by atoms with van der Waals surface area (Å²) in [5.74, 6) is 0. The van der Waals surface area contributed by atoms with Crippen molar-refractivity contribution in [3.63, 3.8) is 0 Å². The first-order chi connectivity index (χ1) is 6.06. The van der Waals surface area contributed by atoms with Gasteiger partial charge in [0, 0.05) is 0 Å². The molecule has 1 heterocycles. The van der Waals surface area contributed by atoms with E-state index in [2.05, 4.69) is 9.47 Å². The van der Waals surface area contributed by atoms with Crippen LogP contribution in [0.1, 0.15) is 0 Å². The summed E-state index contributed by atoms with van der Waals surface area (Å²) in [6.45, 7) is -1.51. The Morgan fingerprint density at radius 3 is 1.79 bits per heavy atom. The van der Waals surface area contributed by atoms with Gasteiger partial charge in [0.1, 0.15) is 0 Å². The van der Waals surface area contributed by atoms with Crippen molar-refractivity contribution in [2.24, 2.45) is 0 Å². The van der Waals surface area contributed by atoms with E-state index in [4.69, 9.17) is 0 Å². The molecule has 1 saturated heterocycles. The monoisotopic (exact) mass is 228 g/mol. The van der Waals surface area contributed by atoms with Gasteiger partial charge in [0.2, 0.25) is 0 Å². The quantitative estimate of drug-likeness (QED) is 0.591. The highest BCUT2D eigenvalue weighted by Crippen LogP contribution is 2.43. The minimum absolute atomic E-state index is 1.51. The van der Waals surface area contributed by atoms with Crippen LogP contribution >= 0.6 is 0 Å². The van der Waals surface area contributed by atoms with E-state index in [1.54, 1.807) is 0 Å². The molecule has 0 radical (unpaired) electrons. The number of hydrogen-bond donors (Lipinski definition) is 0. The van der Waals surface area contributed by atoms with E-state index in [9.17, 15) is 30.7 Å². The topological polar surface area (TPSA) is 18.5 Å². The van der Waals surface area contributed by atoms with Crippen LogP contribution in [0, 0.1) is 0 Å². The molecule has 1 fully saturated rings. The molecule has 0 aliphatic carbocycles. The fourth-order valence-corrected chi connectivity index (χ4v) is 0.744. The molecular formula is C5H3F7O2. The minimum atomic E-state index is -5.65. The van der Waals surface area contributed by atoms with Crippen molar-refractivity contribution in [3.05, 3.63) is 0 Å². The van der Waals surface area contributed by atoms with Crippen molar-refractivity contribution in [2.45, 2.75) is 24.5 Å². The molecule has 9 heteroatoms. The van der Waals surface area contributed by atoms with Crippen LogP contribution in [-0.4, -0.2) is 31.1 Å². The van der Waals surface area contributed by atoms with E-state index in [0.717, 1.165) is 0 Å². The lowest BCUT2D eigenvalue weighted by Gasteiger charge is -2.21. The zero-order valence-electron chi connectivity index (χ0n) is 6.25. The van der Waals surface area contributed by atoms with E-state index in [0.29, 0.717) is 0 Å². The number of ether oxygens (including phenoxy) is 2. The third-order valence-electron chi connectivity index (χ3n) is 1.42. The molecule has 0 amide bonds. The van der Waals surface area contributed by atoms with Crippen molar-refractivity contribution >= 4 is 0 Å².